The smallest absolute Gasteiger partial charge is 0.253 e. The highest BCUT2D eigenvalue weighted by Crippen LogP contribution is 2.22. The number of carbonyl (C=O) groups excluding carboxylic acids is 1. The van der Waals surface area contributed by atoms with Crippen molar-refractivity contribution in [2.24, 2.45) is 11.7 Å². The molecule has 0 aliphatic carbocycles. The summed E-state index contributed by atoms with van der Waals surface area (Å²) >= 11 is 0. The van der Waals surface area contributed by atoms with Gasteiger partial charge in [0.25, 0.3) is 5.91 Å². The fraction of sp³-hybridized carbons (Fsp3) is 0.429. The van der Waals surface area contributed by atoms with Gasteiger partial charge in [0.15, 0.2) is 0 Å². The number of carbonyl (C=O) groups is 1. The van der Waals surface area contributed by atoms with Gasteiger partial charge in [-0.1, -0.05) is 5.21 Å². The molecule has 2 N–H and O–H groups in total. The van der Waals surface area contributed by atoms with Gasteiger partial charge in [-0.25, -0.2) is 4.68 Å². The van der Waals surface area contributed by atoms with Crippen molar-refractivity contribution < 1.29 is 4.79 Å². The summed E-state index contributed by atoms with van der Waals surface area (Å²) in [6, 6.07) is 9.47. The summed E-state index contributed by atoms with van der Waals surface area (Å²) in [7, 11) is 0. The molecule has 4 rings (SSSR count). The Balaban J connectivity index is 1.32. The predicted molar refractivity (Wildman–Crippen MR) is 109 cm³/mol. The Morgan fingerprint density at radius 1 is 1.21 bits per heavy atom. The molecule has 0 saturated carbocycles. The third-order valence-corrected chi connectivity index (χ3v) is 5.43. The van der Waals surface area contributed by atoms with Crippen LogP contribution in [0.15, 0.2) is 48.9 Å². The number of hydrogen-bond donors (Lipinski definition) is 1. The molecule has 1 aliphatic heterocycles. The molecule has 2 aromatic heterocycles. The van der Waals surface area contributed by atoms with Crippen molar-refractivity contribution in [3.8, 4) is 5.69 Å². The molecule has 1 aromatic carbocycles. The largest absolute Gasteiger partial charge is 0.339 e. The molecule has 1 fully saturated rings. The lowest BCUT2D eigenvalue weighted by atomic mass is 9.96. The summed E-state index contributed by atoms with van der Waals surface area (Å²) in [5, 5.41) is 12.6. The highest BCUT2D eigenvalue weighted by molar-refractivity contribution is 5.94. The average Bonchev–Trinajstić information content (AvgIpc) is 3.40. The standard InChI is InChI=1S/C21H27N7O/c1-21(2,22)19-15-27(25-24-19)14-16-8-12-26(13-9-16)20(29)17-4-6-18(7-5-17)28-11-3-10-23-28/h3-7,10-11,15-16H,8-9,12-14,22H2,1-2H3. The third-order valence-electron chi connectivity index (χ3n) is 5.43. The van der Waals surface area contributed by atoms with E-state index in [0.29, 0.717) is 11.5 Å². The zero-order valence-corrected chi connectivity index (χ0v) is 16.9. The van der Waals surface area contributed by atoms with Gasteiger partial charge >= 0.3 is 0 Å². The van der Waals surface area contributed by atoms with Crippen LogP contribution in [-0.2, 0) is 12.1 Å². The van der Waals surface area contributed by atoms with Crippen LogP contribution in [0.4, 0.5) is 0 Å². The Morgan fingerprint density at radius 3 is 2.52 bits per heavy atom. The first-order valence-electron chi connectivity index (χ1n) is 9.99. The Morgan fingerprint density at radius 2 is 1.93 bits per heavy atom. The fourth-order valence-electron chi connectivity index (χ4n) is 3.63. The van der Waals surface area contributed by atoms with E-state index < -0.39 is 5.54 Å². The van der Waals surface area contributed by atoms with Crippen LogP contribution in [0.2, 0.25) is 0 Å². The lowest BCUT2D eigenvalue weighted by molar-refractivity contribution is 0.0681. The molecule has 29 heavy (non-hydrogen) atoms. The minimum atomic E-state index is -0.485. The van der Waals surface area contributed by atoms with Crippen LogP contribution in [0.3, 0.4) is 0 Å². The van der Waals surface area contributed by atoms with Crippen LogP contribution in [0.5, 0.6) is 0 Å². The van der Waals surface area contributed by atoms with Crippen molar-refractivity contribution in [1.29, 1.82) is 0 Å². The average molecular weight is 393 g/mol. The molecule has 0 radical (unpaired) electrons. The molecule has 152 valence electrons. The SMILES string of the molecule is CC(C)(N)c1cn(CC2CCN(C(=O)c3ccc(-n4cccn4)cc3)CC2)nn1. The van der Waals surface area contributed by atoms with E-state index in [2.05, 4.69) is 15.4 Å². The number of likely N-dealkylation sites (tertiary alicyclic amines) is 1. The van der Waals surface area contributed by atoms with E-state index in [1.807, 2.05) is 66.2 Å². The lowest BCUT2D eigenvalue weighted by Gasteiger charge is -2.32. The number of nitrogens with two attached hydrogens (primary N) is 1. The van der Waals surface area contributed by atoms with Crippen LogP contribution >= 0.6 is 0 Å². The van der Waals surface area contributed by atoms with Crippen LogP contribution in [0, 0.1) is 5.92 Å². The molecule has 3 aromatic rings. The van der Waals surface area contributed by atoms with Gasteiger partial charge in [0.1, 0.15) is 5.69 Å². The Hall–Kier alpha value is -3.00. The number of aromatic nitrogens is 5. The first-order valence-corrected chi connectivity index (χ1v) is 9.99. The summed E-state index contributed by atoms with van der Waals surface area (Å²) in [6.45, 7) is 6.17. The molecule has 1 saturated heterocycles. The molecule has 0 unspecified atom stereocenters. The molecule has 0 bridgehead atoms. The minimum Gasteiger partial charge on any atom is -0.339 e. The van der Waals surface area contributed by atoms with Gasteiger partial charge in [0.05, 0.1) is 17.4 Å². The zero-order valence-electron chi connectivity index (χ0n) is 16.9. The zero-order chi connectivity index (χ0) is 20.4. The van der Waals surface area contributed by atoms with E-state index in [4.69, 9.17) is 5.73 Å². The van der Waals surface area contributed by atoms with E-state index in [-0.39, 0.29) is 5.91 Å². The first-order chi connectivity index (χ1) is 13.9. The van der Waals surface area contributed by atoms with Crippen molar-refractivity contribution in [3.63, 3.8) is 0 Å². The van der Waals surface area contributed by atoms with E-state index >= 15 is 0 Å². The van der Waals surface area contributed by atoms with Gasteiger partial charge in [0.2, 0.25) is 0 Å². The van der Waals surface area contributed by atoms with Gasteiger partial charge in [0, 0.05) is 37.6 Å². The van der Waals surface area contributed by atoms with Gasteiger partial charge < -0.3 is 10.6 Å². The van der Waals surface area contributed by atoms with Gasteiger partial charge in [-0.3, -0.25) is 9.48 Å². The van der Waals surface area contributed by atoms with Crippen LogP contribution < -0.4 is 5.73 Å². The topological polar surface area (TPSA) is 94.9 Å². The van der Waals surface area contributed by atoms with Crippen molar-refractivity contribution in [3.05, 3.63) is 60.2 Å². The minimum absolute atomic E-state index is 0.0865. The maximum atomic E-state index is 12.8. The number of benzene rings is 1. The van der Waals surface area contributed by atoms with Crippen molar-refractivity contribution in [2.45, 2.75) is 38.8 Å². The summed E-state index contributed by atoms with van der Waals surface area (Å²) in [4.78, 5) is 14.8. The van der Waals surface area contributed by atoms with Crippen LogP contribution in [0.1, 0.15) is 42.7 Å². The number of hydrogen-bond acceptors (Lipinski definition) is 5. The van der Waals surface area contributed by atoms with Crippen molar-refractivity contribution >= 4 is 5.91 Å². The van der Waals surface area contributed by atoms with Crippen molar-refractivity contribution in [2.75, 3.05) is 13.1 Å². The molecule has 1 aliphatic rings. The van der Waals surface area contributed by atoms with Gasteiger partial charge in [-0.15, -0.1) is 5.10 Å². The highest BCUT2D eigenvalue weighted by Gasteiger charge is 2.25. The summed E-state index contributed by atoms with van der Waals surface area (Å²) < 4.78 is 3.65. The Kier molecular flexibility index (Phi) is 5.19. The van der Waals surface area contributed by atoms with E-state index in [0.717, 1.165) is 43.9 Å². The first kappa shape index (κ1) is 19.3. The number of piperidine rings is 1. The van der Waals surface area contributed by atoms with Crippen LogP contribution in [-0.4, -0.2) is 48.7 Å². The van der Waals surface area contributed by atoms with E-state index in [1.54, 1.807) is 10.9 Å². The van der Waals surface area contributed by atoms with E-state index in [9.17, 15) is 4.79 Å². The molecule has 0 atom stereocenters. The second-order valence-electron chi connectivity index (χ2n) is 8.28. The molecule has 0 spiro atoms. The maximum absolute atomic E-state index is 12.8. The Labute approximate surface area is 170 Å². The quantitative estimate of drug-likeness (QED) is 0.717. The number of nitrogens with zero attached hydrogens (tertiary/aromatic N) is 6. The second kappa shape index (κ2) is 7.79. The fourth-order valence-corrected chi connectivity index (χ4v) is 3.63. The third kappa shape index (κ3) is 4.37. The summed E-state index contributed by atoms with van der Waals surface area (Å²) in [5.74, 6) is 0.570. The number of rotatable bonds is 5. The summed E-state index contributed by atoms with van der Waals surface area (Å²) in [6.07, 6.45) is 7.46. The highest BCUT2D eigenvalue weighted by atomic mass is 16.2. The Bertz CT molecular complexity index is 946. The number of amides is 1. The molecule has 8 heteroatoms. The normalized spacial score (nSPS) is 15.6. The molecule has 1 amide bonds. The molecule has 8 nitrogen and oxygen atoms in total. The molecule has 3 heterocycles. The monoisotopic (exact) mass is 393 g/mol. The predicted octanol–water partition coefficient (Wildman–Crippen LogP) is 2.21. The molecular formula is C21H27N7O. The van der Waals surface area contributed by atoms with E-state index in [1.165, 1.54) is 0 Å². The molecular weight excluding hydrogens is 366 g/mol. The van der Waals surface area contributed by atoms with Gasteiger partial charge in [-0.2, -0.15) is 5.10 Å². The maximum Gasteiger partial charge on any atom is 0.253 e. The second-order valence-corrected chi connectivity index (χ2v) is 8.28. The lowest BCUT2D eigenvalue weighted by Crippen LogP contribution is -2.39. The summed E-state index contributed by atoms with van der Waals surface area (Å²) in [5.41, 5.74) is 8.05. The van der Waals surface area contributed by atoms with Crippen molar-refractivity contribution in [1.82, 2.24) is 29.7 Å². The van der Waals surface area contributed by atoms with Crippen LogP contribution in [0.25, 0.3) is 5.69 Å². The van der Waals surface area contributed by atoms with Gasteiger partial charge in [-0.05, 0) is 62.9 Å².